The van der Waals surface area contributed by atoms with Gasteiger partial charge in [0.25, 0.3) is 5.91 Å². The van der Waals surface area contributed by atoms with Crippen LogP contribution < -0.4 is 10.6 Å². The van der Waals surface area contributed by atoms with Crippen LogP contribution in [0.2, 0.25) is 5.02 Å². The van der Waals surface area contributed by atoms with Crippen LogP contribution in [0.15, 0.2) is 84.9 Å². The van der Waals surface area contributed by atoms with Gasteiger partial charge < -0.3 is 10.6 Å². The molecule has 2 amide bonds. The van der Waals surface area contributed by atoms with Crippen molar-refractivity contribution < 1.29 is 9.59 Å². The molecule has 2 N–H and O–H groups in total. The molecule has 4 nitrogen and oxygen atoms in total. The van der Waals surface area contributed by atoms with Gasteiger partial charge in [0.2, 0.25) is 5.91 Å². The van der Waals surface area contributed by atoms with Gasteiger partial charge in [-0.25, -0.2) is 0 Å². The average Bonchev–Trinajstić information content (AvgIpc) is 2.73. The number of benzene rings is 3. The van der Waals surface area contributed by atoms with E-state index in [9.17, 15) is 9.59 Å². The van der Waals surface area contributed by atoms with E-state index in [0.29, 0.717) is 22.8 Å². The molecule has 0 atom stereocenters. The van der Waals surface area contributed by atoms with Crippen molar-refractivity contribution >= 4 is 35.2 Å². The maximum Gasteiger partial charge on any atom is 0.253 e. The fourth-order valence-electron chi connectivity index (χ4n) is 2.58. The van der Waals surface area contributed by atoms with Crippen LogP contribution in [-0.2, 0) is 11.3 Å². The summed E-state index contributed by atoms with van der Waals surface area (Å²) in [5.74, 6) is -0.570. The molecule has 0 spiro atoms. The lowest BCUT2D eigenvalue weighted by molar-refractivity contribution is -0.111. The van der Waals surface area contributed by atoms with Gasteiger partial charge in [-0.3, -0.25) is 9.59 Å². The third-order valence-corrected chi connectivity index (χ3v) is 4.27. The number of halogens is 1. The summed E-state index contributed by atoms with van der Waals surface area (Å²) in [6, 6.07) is 23.7. The van der Waals surface area contributed by atoms with E-state index in [2.05, 4.69) is 10.6 Å². The molecule has 0 aliphatic heterocycles. The summed E-state index contributed by atoms with van der Waals surface area (Å²) in [4.78, 5) is 24.8. The summed E-state index contributed by atoms with van der Waals surface area (Å²) in [6.45, 7) is 0.415. The standard InChI is InChI=1S/C23H19ClN2O2/c24-19-13-10-17(11-14-19)12-15-22(27)26-21-9-5-4-8-20(21)23(28)25-16-18-6-2-1-3-7-18/h1-15H,16H2,(H,25,28)(H,26,27). The zero-order valence-electron chi connectivity index (χ0n) is 15.1. The highest BCUT2D eigenvalue weighted by Crippen LogP contribution is 2.16. The monoisotopic (exact) mass is 390 g/mol. The molecule has 0 saturated carbocycles. The SMILES string of the molecule is O=C(C=Cc1ccc(Cl)cc1)Nc1ccccc1C(=O)NCc1ccccc1. The van der Waals surface area contributed by atoms with Crippen LogP contribution in [0.5, 0.6) is 0 Å². The van der Waals surface area contributed by atoms with Gasteiger partial charge in [0.15, 0.2) is 0 Å². The molecular weight excluding hydrogens is 372 g/mol. The quantitative estimate of drug-likeness (QED) is 0.587. The molecule has 3 rings (SSSR count). The van der Waals surface area contributed by atoms with Crippen molar-refractivity contribution in [2.45, 2.75) is 6.54 Å². The Morgan fingerprint density at radius 1 is 0.857 bits per heavy atom. The fraction of sp³-hybridized carbons (Fsp3) is 0.0435. The number of amides is 2. The lowest BCUT2D eigenvalue weighted by Crippen LogP contribution is -2.24. The van der Waals surface area contributed by atoms with Gasteiger partial charge in [-0.2, -0.15) is 0 Å². The number of hydrogen-bond donors (Lipinski definition) is 2. The first-order chi connectivity index (χ1) is 13.6. The van der Waals surface area contributed by atoms with Crippen molar-refractivity contribution in [2.24, 2.45) is 0 Å². The molecule has 0 aliphatic carbocycles. The molecule has 140 valence electrons. The lowest BCUT2D eigenvalue weighted by Gasteiger charge is -2.10. The van der Waals surface area contributed by atoms with Gasteiger partial charge in [0.05, 0.1) is 11.3 Å². The second kappa shape index (κ2) is 9.53. The van der Waals surface area contributed by atoms with Gasteiger partial charge in [0.1, 0.15) is 0 Å². The highest BCUT2D eigenvalue weighted by molar-refractivity contribution is 6.30. The minimum Gasteiger partial charge on any atom is -0.348 e. The second-order valence-corrected chi connectivity index (χ2v) is 6.52. The van der Waals surface area contributed by atoms with E-state index in [4.69, 9.17) is 11.6 Å². The van der Waals surface area contributed by atoms with Crippen molar-refractivity contribution in [2.75, 3.05) is 5.32 Å². The van der Waals surface area contributed by atoms with Gasteiger partial charge in [-0.1, -0.05) is 66.2 Å². The van der Waals surface area contributed by atoms with Crippen molar-refractivity contribution in [3.8, 4) is 0 Å². The van der Waals surface area contributed by atoms with Crippen LogP contribution in [0.25, 0.3) is 6.08 Å². The Balaban J connectivity index is 1.65. The molecule has 0 bridgehead atoms. The Labute approximate surface area is 168 Å². The summed E-state index contributed by atoms with van der Waals surface area (Å²) >= 11 is 5.85. The number of para-hydroxylation sites is 1. The summed E-state index contributed by atoms with van der Waals surface area (Å²) in [5.41, 5.74) is 2.72. The normalized spacial score (nSPS) is 10.6. The van der Waals surface area contributed by atoms with E-state index in [0.717, 1.165) is 11.1 Å². The maximum absolute atomic E-state index is 12.5. The molecule has 3 aromatic rings. The molecule has 0 fully saturated rings. The highest BCUT2D eigenvalue weighted by Gasteiger charge is 2.12. The van der Waals surface area contributed by atoms with Crippen LogP contribution >= 0.6 is 11.6 Å². The van der Waals surface area contributed by atoms with E-state index in [1.54, 1.807) is 42.5 Å². The summed E-state index contributed by atoms with van der Waals surface area (Å²) < 4.78 is 0. The molecule has 0 saturated heterocycles. The Hall–Kier alpha value is -3.37. The highest BCUT2D eigenvalue weighted by atomic mass is 35.5. The first-order valence-electron chi connectivity index (χ1n) is 8.77. The molecule has 0 aromatic heterocycles. The fourth-order valence-corrected chi connectivity index (χ4v) is 2.71. The van der Waals surface area contributed by atoms with Gasteiger partial charge >= 0.3 is 0 Å². The Bertz CT molecular complexity index is 983. The second-order valence-electron chi connectivity index (χ2n) is 6.09. The Morgan fingerprint density at radius 3 is 2.29 bits per heavy atom. The van der Waals surface area contributed by atoms with E-state index in [-0.39, 0.29) is 11.8 Å². The van der Waals surface area contributed by atoms with Crippen LogP contribution in [0, 0.1) is 0 Å². The van der Waals surface area contributed by atoms with E-state index < -0.39 is 0 Å². The van der Waals surface area contributed by atoms with Crippen molar-refractivity contribution in [3.05, 3.63) is 107 Å². The van der Waals surface area contributed by atoms with E-state index >= 15 is 0 Å². The predicted octanol–water partition coefficient (Wildman–Crippen LogP) is 4.92. The minimum atomic E-state index is -0.321. The van der Waals surface area contributed by atoms with Gasteiger partial charge in [-0.15, -0.1) is 0 Å². The molecule has 5 heteroatoms. The Morgan fingerprint density at radius 2 is 1.54 bits per heavy atom. The topological polar surface area (TPSA) is 58.2 Å². The van der Waals surface area contributed by atoms with Gasteiger partial charge in [-0.05, 0) is 41.5 Å². The lowest BCUT2D eigenvalue weighted by atomic mass is 10.1. The van der Waals surface area contributed by atoms with Crippen LogP contribution in [0.3, 0.4) is 0 Å². The number of nitrogens with one attached hydrogen (secondary N) is 2. The van der Waals surface area contributed by atoms with E-state index in [1.807, 2.05) is 42.5 Å². The smallest absolute Gasteiger partial charge is 0.253 e. The number of hydrogen-bond acceptors (Lipinski definition) is 2. The molecule has 28 heavy (non-hydrogen) atoms. The maximum atomic E-state index is 12.5. The zero-order valence-corrected chi connectivity index (χ0v) is 15.8. The molecular formula is C23H19ClN2O2. The molecule has 0 aliphatic rings. The molecule has 0 heterocycles. The number of carbonyl (C=O) groups excluding carboxylic acids is 2. The first-order valence-corrected chi connectivity index (χ1v) is 9.15. The number of carbonyl (C=O) groups is 2. The Kier molecular flexibility index (Phi) is 6.60. The zero-order chi connectivity index (χ0) is 19.8. The van der Waals surface area contributed by atoms with Crippen molar-refractivity contribution in [3.63, 3.8) is 0 Å². The molecule has 0 unspecified atom stereocenters. The third kappa shape index (κ3) is 5.56. The van der Waals surface area contributed by atoms with Crippen molar-refractivity contribution in [1.29, 1.82) is 0 Å². The summed E-state index contributed by atoms with van der Waals surface area (Å²) in [7, 11) is 0. The van der Waals surface area contributed by atoms with E-state index in [1.165, 1.54) is 6.08 Å². The van der Waals surface area contributed by atoms with Crippen LogP contribution in [0.4, 0.5) is 5.69 Å². The first kappa shape index (κ1) is 19.4. The predicted molar refractivity (Wildman–Crippen MR) is 113 cm³/mol. The number of anilines is 1. The number of rotatable bonds is 6. The average molecular weight is 391 g/mol. The minimum absolute atomic E-state index is 0.249. The van der Waals surface area contributed by atoms with Crippen LogP contribution in [-0.4, -0.2) is 11.8 Å². The van der Waals surface area contributed by atoms with Crippen molar-refractivity contribution in [1.82, 2.24) is 5.32 Å². The van der Waals surface area contributed by atoms with Crippen LogP contribution in [0.1, 0.15) is 21.5 Å². The molecule has 3 aromatic carbocycles. The van der Waals surface area contributed by atoms with Gasteiger partial charge in [0, 0.05) is 17.6 Å². The molecule has 0 radical (unpaired) electrons. The largest absolute Gasteiger partial charge is 0.348 e. The summed E-state index contributed by atoms with van der Waals surface area (Å²) in [6.07, 6.45) is 3.10. The third-order valence-electron chi connectivity index (χ3n) is 4.02. The summed E-state index contributed by atoms with van der Waals surface area (Å²) in [5, 5.41) is 6.27.